The molecule has 2 aliphatic heterocycles. The van der Waals surface area contributed by atoms with Crippen molar-refractivity contribution in [1.82, 2.24) is 9.21 Å². The molecular weight excluding hydrogens is 364 g/mol. The maximum atomic E-state index is 13.1. The normalized spacial score (nSPS) is 19.4. The predicted molar refractivity (Wildman–Crippen MR) is 105 cm³/mol. The average molecular weight is 385 g/mol. The summed E-state index contributed by atoms with van der Waals surface area (Å²) in [6.07, 6.45) is 1.08. The van der Waals surface area contributed by atoms with Crippen LogP contribution in [-0.2, 0) is 23.0 Å². The van der Waals surface area contributed by atoms with E-state index in [4.69, 9.17) is 0 Å². The zero-order chi connectivity index (χ0) is 17.7. The van der Waals surface area contributed by atoms with Crippen LogP contribution in [0, 0.1) is 0 Å². The van der Waals surface area contributed by atoms with Gasteiger partial charge in [0, 0.05) is 42.5 Å². The molecule has 4 nitrogen and oxygen atoms in total. The van der Waals surface area contributed by atoms with Crippen molar-refractivity contribution >= 4 is 32.1 Å². The first-order valence-electron chi connectivity index (χ1n) is 8.90. The Morgan fingerprint density at radius 3 is 2.69 bits per heavy atom. The second kappa shape index (κ2) is 6.16. The molecule has 0 atom stereocenters. The van der Waals surface area contributed by atoms with Gasteiger partial charge in [-0.2, -0.15) is 4.31 Å². The third kappa shape index (κ3) is 2.60. The topological polar surface area (TPSA) is 40.6 Å². The highest BCUT2D eigenvalue weighted by molar-refractivity contribution is 7.89. The molecular formula is C20H20N2O2S2. The number of hydrogen-bond donors (Lipinski definition) is 0. The molecule has 0 saturated carbocycles. The second-order valence-electron chi connectivity index (χ2n) is 7.04. The summed E-state index contributed by atoms with van der Waals surface area (Å²) in [5, 5.41) is 3.93. The van der Waals surface area contributed by atoms with Crippen LogP contribution < -0.4 is 0 Å². The summed E-state index contributed by atoms with van der Waals surface area (Å²) in [7, 11) is -3.44. The monoisotopic (exact) mass is 384 g/mol. The van der Waals surface area contributed by atoms with Crippen LogP contribution in [0.25, 0.3) is 10.8 Å². The van der Waals surface area contributed by atoms with Crippen molar-refractivity contribution < 1.29 is 8.42 Å². The van der Waals surface area contributed by atoms with E-state index < -0.39 is 10.0 Å². The highest BCUT2D eigenvalue weighted by atomic mass is 32.2. The van der Waals surface area contributed by atoms with E-state index in [2.05, 4.69) is 16.3 Å². The van der Waals surface area contributed by atoms with Gasteiger partial charge in [0.25, 0.3) is 0 Å². The molecule has 0 unspecified atom stereocenters. The molecule has 2 aromatic carbocycles. The fraction of sp³-hybridized carbons (Fsp3) is 0.300. The Kier molecular flexibility index (Phi) is 3.90. The van der Waals surface area contributed by atoms with Crippen LogP contribution in [-0.4, -0.2) is 43.3 Å². The third-order valence-corrected chi connectivity index (χ3v) is 8.46. The van der Waals surface area contributed by atoms with Crippen molar-refractivity contribution in [3.8, 4) is 0 Å². The Morgan fingerprint density at radius 1 is 1.00 bits per heavy atom. The first-order chi connectivity index (χ1) is 12.6. The van der Waals surface area contributed by atoms with Gasteiger partial charge in [-0.1, -0.05) is 36.4 Å². The molecule has 1 aromatic heterocycles. The Labute approximate surface area is 157 Å². The molecule has 134 valence electrons. The molecule has 26 heavy (non-hydrogen) atoms. The van der Waals surface area contributed by atoms with E-state index in [0.29, 0.717) is 24.0 Å². The molecule has 3 aromatic rings. The first-order valence-corrected chi connectivity index (χ1v) is 11.2. The highest BCUT2D eigenvalue weighted by Crippen LogP contribution is 2.32. The summed E-state index contributed by atoms with van der Waals surface area (Å²) < 4.78 is 27.9. The molecule has 1 saturated heterocycles. The minimum Gasteiger partial charge on any atom is -0.293 e. The molecule has 0 N–H and O–H groups in total. The van der Waals surface area contributed by atoms with Crippen molar-refractivity contribution in [2.24, 2.45) is 0 Å². The van der Waals surface area contributed by atoms with Gasteiger partial charge < -0.3 is 0 Å². The van der Waals surface area contributed by atoms with Crippen LogP contribution >= 0.6 is 11.3 Å². The van der Waals surface area contributed by atoms with Crippen LogP contribution in [0.15, 0.2) is 58.8 Å². The summed E-state index contributed by atoms with van der Waals surface area (Å²) in [5.41, 5.74) is 1.41. The van der Waals surface area contributed by atoms with Gasteiger partial charge in [-0.15, -0.1) is 11.3 Å². The minimum absolute atomic E-state index is 0.327. The Balaban J connectivity index is 1.35. The number of sulfonamides is 1. The van der Waals surface area contributed by atoms with Crippen LogP contribution in [0.5, 0.6) is 0 Å². The van der Waals surface area contributed by atoms with Gasteiger partial charge in [0.15, 0.2) is 0 Å². The molecule has 0 amide bonds. The van der Waals surface area contributed by atoms with Crippen molar-refractivity contribution in [3.63, 3.8) is 0 Å². The van der Waals surface area contributed by atoms with E-state index >= 15 is 0 Å². The van der Waals surface area contributed by atoms with Gasteiger partial charge >= 0.3 is 0 Å². The van der Waals surface area contributed by atoms with E-state index in [1.165, 1.54) is 10.4 Å². The fourth-order valence-corrected chi connectivity index (χ4v) is 6.60. The zero-order valence-electron chi connectivity index (χ0n) is 14.3. The predicted octanol–water partition coefficient (Wildman–Crippen LogP) is 3.33. The smallest absolute Gasteiger partial charge is 0.243 e. The highest BCUT2D eigenvalue weighted by Gasteiger charge is 2.40. The Hall–Kier alpha value is -1.73. The molecule has 3 heterocycles. The van der Waals surface area contributed by atoms with Crippen LogP contribution in [0.4, 0.5) is 0 Å². The first kappa shape index (κ1) is 16.4. The summed E-state index contributed by atoms with van der Waals surface area (Å²) in [6, 6.07) is 15.7. The molecule has 6 heteroatoms. The molecule has 0 aliphatic carbocycles. The van der Waals surface area contributed by atoms with E-state index in [1.54, 1.807) is 10.4 Å². The fourth-order valence-electron chi connectivity index (χ4n) is 3.99. The van der Waals surface area contributed by atoms with E-state index in [-0.39, 0.29) is 0 Å². The number of benzene rings is 2. The zero-order valence-corrected chi connectivity index (χ0v) is 16.0. The van der Waals surface area contributed by atoms with Gasteiger partial charge in [0.2, 0.25) is 10.0 Å². The van der Waals surface area contributed by atoms with Gasteiger partial charge in [-0.25, -0.2) is 8.42 Å². The molecule has 0 radical (unpaired) electrons. The molecule has 5 rings (SSSR count). The summed E-state index contributed by atoms with van der Waals surface area (Å²) in [4.78, 5) is 4.35. The van der Waals surface area contributed by atoms with Gasteiger partial charge in [0.1, 0.15) is 0 Å². The van der Waals surface area contributed by atoms with E-state index in [0.717, 1.165) is 30.3 Å². The largest absolute Gasteiger partial charge is 0.293 e. The van der Waals surface area contributed by atoms with Crippen molar-refractivity contribution in [2.45, 2.75) is 23.9 Å². The summed E-state index contributed by atoms with van der Waals surface area (Å²) >= 11 is 1.83. The Morgan fingerprint density at radius 2 is 1.81 bits per heavy atom. The SMILES string of the molecule is O=S(=O)(c1cccc2ccccc12)N1CC(N2CCc3sccc3C2)C1. The summed E-state index contributed by atoms with van der Waals surface area (Å²) in [6.45, 7) is 3.15. The number of nitrogens with zero attached hydrogens (tertiary/aromatic N) is 2. The quantitative estimate of drug-likeness (QED) is 0.695. The lowest BCUT2D eigenvalue weighted by Gasteiger charge is -2.45. The van der Waals surface area contributed by atoms with Crippen molar-refractivity contribution in [2.75, 3.05) is 19.6 Å². The lowest BCUT2D eigenvalue weighted by Crippen LogP contribution is -2.61. The maximum absolute atomic E-state index is 13.1. The molecule has 0 spiro atoms. The molecule has 0 bridgehead atoms. The lowest BCUT2D eigenvalue weighted by atomic mass is 10.0. The number of thiophene rings is 1. The third-order valence-electron chi connectivity index (χ3n) is 5.55. The van der Waals surface area contributed by atoms with Crippen molar-refractivity contribution in [3.05, 3.63) is 64.4 Å². The van der Waals surface area contributed by atoms with Crippen LogP contribution in [0.1, 0.15) is 10.4 Å². The van der Waals surface area contributed by atoms with Gasteiger partial charge in [0.05, 0.1) is 4.90 Å². The van der Waals surface area contributed by atoms with Gasteiger partial charge in [-0.3, -0.25) is 4.90 Å². The molecule has 1 fully saturated rings. The number of fused-ring (bicyclic) bond motifs is 2. The molecule has 2 aliphatic rings. The average Bonchev–Trinajstić information content (AvgIpc) is 3.07. The van der Waals surface area contributed by atoms with E-state index in [1.807, 2.05) is 47.7 Å². The lowest BCUT2D eigenvalue weighted by molar-refractivity contribution is 0.0775. The van der Waals surface area contributed by atoms with E-state index in [9.17, 15) is 8.42 Å². The maximum Gasteiger partial charge on any atom is 0.243 e. The Bertz CT molecular complexity index is 1060. The van der Waals surface area contributed by atoms with Crippen LogP contribution in [0.2, 0.25) is 0 Å². The van der Waals surface area contributed by atoms with Gasteiger partial charge in [-0.05, 0) is 34.9 Å². The number of hydrogen-bond acceptors (Lipinski definition) is 4. The minimum atomic E-state index is -3.44. The second-order valence-corrected chi connectivity index (χ2v) is 9.95. The van der Waals surface area contributed by atoms with Crippen LogP contribution in [0.3, 0.4) is 0 Å². The van der Waals surface area contributed by atoms with Crippen molar-refractivity contribution in [1.29, 1.82) is 0 Å². The number of rotatable bonds is 3. The standard InChI is InChI=1S/C20H20N2O2S2/c23-26(24,20-7-3-5-15-4-1-2-6-18(15)20)22-13-17(14-22)21-10-8-19-16(12-21)9-11-25-19/h1-7,9,11,17H,8,10,12-14H2. The summed E-state index contributed by atoms with van der Waals surface area (Å²) in [5.74, 6) is 0.